The summed E-state index contributed by atoms with van der Waals surface area (Å²) in [6, 6.07) is 14.5. The van der Waals surface area contributed by atoms with Crippen LogP contribution in [0.5, 0.6) is 23.0 Å². The van der Waals surface area contributed by atoms with Gasteiger partial charge in [-0.2, -0.15) is 0 Å². The fourth-order valence-corrected chi connectivity index (χ4v) is 3.84. The molecular weight excluding hydrogens is 398 g/mol. The first-order valence-electron chi connectivity index (χ1n) is 9.86. The molecule has 0 saturated heterocycles. The summed E-state index contributed by atoms with van der Waals surface area (Å²) in [5.41, 5.74) is 2.52. The second-order valence-electron chi connectivity index (χ2n) is 7.05. The second kappa shape index (κ2) is 7.71. The monoisotopic (exact) mass is 419 g/mol. The van der Waals surface area contributed by atoms with E-state index in [0.717, 1.165) is 5.69 Å². The van der Waals surface area contributed by atoms with Crippen molar-refractivity contribution in [1.82, 2.24) is 4.98 Å². The second-order valence-corrected chi connectivity index (χ2v) is 7.05. The van der Waals surface area contributed by atoms with E-state index in [1.165, 1.54) is 0 Å². The molecule has 2 aliphatic heterocycles. The lowest BCUT2D eigenvalue weighted by Gasteiger charge is -2.28. The van der Waals surface area contributed by atoms with E-state index in [2.05, 4.69) is 10.3 Å². The smallest absolute Gasteiger partial charge is 0.262 e. The summed E-state index contributed by atoms with van der Waals surface area (Å²) in [5, 5.41) is 3.43. The maximum atomic E-state index is 13.4. The number of anilines is 2. The highest BCUT2D eigenvalue weighted by molar-refractivity contribution is 6.11. The van der Waals surface area contributed by atoms with E-state index in [1.807, 2.05) is 18.2 Å². The lowest BCUT2D eigenvalue weighted by Crippen LogP contribution is -2.32. The molecule has 0 spiro atoms. The number of nitrogens with zero attached hydrogens (tertiary/aromatic N) is 2. The zero-order valence-corrected chi connectivity index (χ0v) is 17.1. The lowest BCUT2D eigenvalue weighted by atomic mass is 10.2. The molecule has 31 heavy (non-hydrogen) atoms. The Labute approximate surface area is 179 Å². The summed E-state index contributed by atoms with van der Waals surface area (Å²) >= 11 is 0. The van der Waals surface area contributed by atoms with Crippen LogP contribution in [0.4, 0.5) is 11.4 Å². The van der Waals surface area contributed by atoms with Crippen LogP contribution in [0.25, 0.3) is 0 Å². The first-order valence-corrected chi connectivity index (χ1v) is 9.86. The number of carbonyl (C=O) groups is 1. The van der Waals surface area contributed by atoms with Gasteiger partial charge in [0.25, 0.3) is 5.91 Å². The number of nitrogens with one attached hydrogen (secondary N) is 1. The molecule has 3 aromatic rings. The van der Waals surface area contributed by atoms with Crippen molar-refractivity contribution in [2.75, 3.05) is 37.7 Å². The third-order valence-electron chi connectivity index (χ3n) is 5.30. The highest BCUT2D eigenvalue weighted by Gasteiger charge is 2.40. The predicted molar refractivity (Wildman–Crippen MR) is 114 cm³/mol. The van der Waals surface area contributed by atoms with Gasteiger partial charge in [-0.3, -0.25) is 14.7 Å². The number of pyridine rings is 1. The van der Waals surface area contributed by atoms with Gasteiger partial charge in [-0.15, -0.1) is 0 Å². The fourth-order valence-electron chi connectivity index (χ4n) is 3.84. The van der Waals surface area contributed by atoms with Crippen LogP contribution < -0.4 is 29.2 Å². The van der Waals surface area contributed by atoms with Gasteiger partial charge in [0.05, 0.1) is 31.2 Å². The maximum Gasteiger partial charge on any atom is 0.262 e. The van der Waals surface area contributed by atoms with Crippen LogP contribution in [0.15, 0.2) is 54.7 Å². The molecule has 1 aromatic heterocycles. The third kappa shape index (κ3) is 3.26. The number of carbonyl (C=O) groups excluding carboxylic acids is 1. The predicted octanol–water partition coefficient (Wildman–Crippen LogP) is 3.64. The molecule has 2 aromatic carbocycles. The number of fused-ring (bicyclic) bond motifs is 2. The molecule has 3 heterocycles. The molecule has 0 bridgehead atoms. The van der Waals surface area contributed by atoms with Gasteiger partial charge in [-0.05, 0) is 36.4 Å². The lowest BCUT2D eigenvalue weighted by molar-refractivity contribution is 0.0992. The first-order chi connectivity index (χ1) is 15.2. The van der Waals surface area contributed by atoms with E-state index < -0.39 is 6.17 Å². The average Bonchev–Trinajstić information content (AvgIpc) is 3.10. The number of aromatic nitrogens is 1. The highest BCUT2D eigenvalue weighted by Crippen LogP contribution is 2.43. The highest BCUT2D eigenvalue weighted by atomic mass is 16.6. The Hall–Kier alpha value is -3.94. The van der Waals surface area contributed by atoms with Crippen molar-refractivity contribution in [3.05, 3.63) is 66.0 Å². The summed E-state index contributed by atoms with van der Waals surface area (Å²) in [6.45, 7) is 1.02. The van der Waals surface area contributed by atoms with Gasteiger partial charge in [0.15, 0.2) is 17.7 Å². The molecule has 5 rings (SSSR count). The van der Waals surface area contributed by atoms with Gasteiger partial charge in [0.2, 0.25) is 0 Å². The number of hydrogen-bond donors (Lipinski definition) is 1. The van der Waals surface area contributed by atoms with E-state index in [9.17, 15) is 4.79 Å². The molecule has 0 saturated carbocycles. The minimum Gasteiger partial charge on any atom is -0.497 e. The molecule has 0 aliphatic carbocycles. The van der Waals surface area contributed by atoms with Gasteiger partial charge >= 0.3 is 0 Å². The van der Waals surface area contributed by atoms with Crippen LogP contribution in [0.1, 0.15) is 22.2 Å². The van der Waals surface area contributed by atoms with Crippen molar-refractivity contribution in [3.8, 4) is 23.0 Å². The Bertz CT molecular complexity index is 1150. The Morgan fingerprint density at radius 1 is 1.03 bits per heavy atom. The van der Waals surface area contributed by atoms with Crippen molar-refractivity contribution >= 4 is 17.3 Å². The van der Waals surface area contributed by atoms with E-state index >= 15 is 0 Å². The van der Waals surface area contributed by atoms with Crippen LogP contribution in [0.2, 0.25) is 0 Å². The number of amides is 1. The van der Waals surface area contributed by atoms with Crippen LogP contribution in [-0.4, -0.2) is 38.3 Å². The Balaban J connectivity index is 1.59. The Morgan fingerprint density at radius 3 is 2.68 bits per heavy atom. The van der Waals surface area contributed by atoms with Crippen molar-refractivity contribution < 1.29 is 23.7 Å². The van der Waals surface area contributed by atoms with E-state index in [1.54, 1.807) is 55.6 Å². The van der Waals surface area contributed by atoms with Gasteiger partial charge in [-0.1, -0.05) is 0 Å². The summed E-state index contributed by atoms with van der Waals surface area (Å²) in [6.07, 6.45) is 1.13. The molecule has 0 radical (unpaired) electrons. The van der Waals surface area contributed by atoms with Gasteiger partial charge in [0.1, 0.15) is 24.7 Å². The normalized spacial score (nSPS) is 16.6. The van der Waals surface area contributed by atoms with E-state index in [0.29, 0.717) is 53.2 Å². The molecule has 1 amide bonds. The number of methoxy groups -OCH3 is 2. The van der Waals surface area contributed by atoms with E-state index in [-0.39, 0.29) is 5.91 Å². The zero-order valence-electron chi connectivity index (χ0n) is 17.1. The quantitative estimate of drug-likeness (QED) is 0.676. The van der Waals surface area contributed by atoms with Crippen molar-refractivity contribution in [1.29, 1.82) is 0 Å². The van der Waals surface area contributed by atoms with Crippen LogP contribution in [-0.2, 0) is 0 Å². The summed E-state index contributed by atoms with van der Waals surface area (Å²) in [4.78, 5) is 19.5. The Kier molecular flexibility index (Phi) is 4.74. The topological polar surface area (TPSA) is 82.2 Å². The fraction of sp³-hybridized carbons (Fsp3) is 0.217. The maximum absolute atomic E-state index is 13.4. The van der Waals surface area contributed by atoms with Crippen molar-refractivity contribution in [3.63, 3.8) is 0 Å². The molecule has 0 unspecified atom stereocenters. The van der Waals surface area contributed by atoms with Gasteiger partial charge in [-0.25, -0.2) is 0 Å². The summed E-state index contributed by atoms with van der Waals surface area (Å²) in [7, 11) is 3.15. The minimum absolute atomic E-state index is 0.176. The van der Waals surface area contributed by atoms with E-state index in [4.69, 9.17) is 18.9 Å². The van der Waals surface area contributed by atoms with Crippen molar-refractivity contribution in [2.24, 2.45) is 0 Å². The molecule has 8 nitrogen and oxygen atoms in total. The zero-order chi connectivity index (χ0) is 21.4. The number of rotatable bonds is 5. The Morgan fingerprint density at radius 2 is 1.87 bits per heavy atom. The van der Waals surface area contributed by atoms with Gasteiger partial charge in [0, 0.05) is 24.0 Å². The third-order valence-corrected chi connectivity index (χ3v) is 5.30. The largest absolute Gasteiger partial charge is 0.497 e. The standard InChI is InChI=1S/C23H21N3O5/c1-28-15-6-8-18(29-2)17(13-15)26-22(21-16(23(26)27)4-3-9-24-21)25-14-5-7-19-20(12-14)31-11-10-30-19/h3-9,12-13,22,25H,10-11H2,1-2H3/t22-/m1/s1. The number of ether oxygens (including phenoxy) is 4. The SMILES string of the molecule is COc1ccc(OC)c(N2C(=O)c3cccnc3[C@@H]2Nc2ccc3c(c2)OCCO3)c1. The summed E-state index contributed by atoms with van der Waals surface area (Å²) < 4.78 is 22.2. The molecule has 2 aliphatic rings. The molecule has 0 fully saturated rings. The van der Waals surface area contributed by atoms with Gasteiger partial charge < -0.3 is 24.3 Å². The molecular formula is C23H21N3O5. The number of benzene rings is 2. The average molecular weight is 419 g/mol. The van der Waals surface area contributed by atoms with Crippen LogP contribution >= 0.6 is 0 Å². The molecule has 1 atom stereocenters. The summed E-state index contributed by atoms with van der Waals surface area (Å²) in [5.74, 6) is 2.35. The molecule has 1 N–H and O–H groups in total. The minimum atomic E-state index is -0.549. The van der Waals surface area contributed by atoms with Crippen LogP contribution in [0.3, 0.4) is 0 Å². The van der Waals surface area contributed by atoms with Crippen molar-refractivity contribution in [2.45, 2.75) is 6.17 Å². The molecule has 158 valence electrons. The first kappa shape index (κ1) is 19.0. The molecule has 8 heteroatoms. The van der Waals surface area contributed by atoms with Crippen LogP contribution in [0, 0.1) is 0 Å². The number of hydrogen-bond acceptors (Lipinski definition) is 7.